The number of phenolic OH excluding ortho intramolecular Hbond substituents is 2. The number of esters is 1. The molecule has 2 aromatic carbocycles. The molecule has 0 aliphatic carbocycles. The van der Waals surface area contributed by atoms with Crippen molar-refractivity contribution in [2.75, 3.05) is 6.54 Å². The third-order valence-electron chi connectivity index (χ3n) is 3.82. The van der Waals surface area contributed by atoms with Gasteiger partial charge in [0.25, 0.3) is 0 Å². The molecule has 0 bridgehead atoms. The molecule has 0 spiro atoms. The van der Waals surface area contributed by atoms with E-state index in [9.17, 15) is 29.3 Å². The van der Waals surface area contributed by atoms with Crippen molar-refractivity contribution in [3.8, 4) is 11.5 Å². The summed E-state index contributed by atoms with van der Waals surface area (Å²) >= 11 is 0. The second kappa shape index (κ2) is 10.5. The summed E-state index contributed by atoms with van der Waals surface area (Å²) in [6.45, 7) is 1.67. The summed E-state index contributed by atoms with van der Waals surface area (Å²) in [6.07, 6.45) is -0.570. The highest BCUT2D eigenvalue weighted by Crippen LogP contribution is 2.25. The van der Waals surface area contributed by atoms with Gasteiger partial charge in [-0.25, -0.2) is 9.18 Å². The molecule has 152 valence electrons. The number of rotatable bonds is 8. The number of hydrogen-bond donors (Lipinski definition) is 4. The summed E-state index contributed by atoms with van der Waals surface area (Å²) in [5.74, 6) is -2.84. The van der Waals surface area contributed by atoms with E-state index in [0.29, 0.717) is 5.56 Å². The zero-order valence-electron chi connectivity index (χ0n) is 15.0. The van der Waals surface area contributed by atoms with Gasteiger partial charge in [-0.05, 0) is 55.3 Å². The molecule has 9 heteroatoms. The summed E-state index contributed by atoms with van der Waals surface area (Å²) in [5.41, 5.74) is 0.707. The predicted molar refractivity (Wildman–Crippen MR) is 101 cm³/mol. The van der Waals surface area contributed by atoms with Crippen LogP contribution in [-0.2, 0) is 16.0 Å². The first-order valence-electron chi connectivity index (χ1n) is 8.20. The monoisotopic (exact) mass is 413 g/mol. The van der Waals surface area contributed by atoms with Crippen molar-refractivity contribution < 1.29 is 34.0 Å². The molecule has 2 atom stereocenters. The summed E-state index contributed by atoms with van der Waals surface area (Å²) in [7, 11) is 0. The zero-order valence-corrected chi connectivity index (χ0v) is 15.8. The molecule has 1 unspecified atom stereocenters. The minimum Gasteiger partial charge on any atom is -0.504 e. The van der Waals surface area contributed by atoms with Crippen molar-refractivity contribution in [1.82, 2.24) is 5.32 Å². The Bertz CT molecular complexity index is 815. The molecule has 0 radical (unpaired) electrons. The number of benzene rings is 2. The van der Waals surface area contributed by atoms with Gasteiger partial charge in [0.2, 0.25) is 0 Å². The lowest BCUT2D eigenvalue weighted by Gasteiger charge is -2.19. The van der Waals surface area contributed by atoms with E-state index in [1.54, 1.807) is 6.92 Å². The molecule has 0 saturated carbocycles. The number of nitrogens with one attached hydrogen (secondary N) is 1. The number of carboxylic acids is 1. The van der Waals surface area contributed by atoms with Gasteiger partial charge in [-0.15, -0.1) is 12.4 Å². The maximum Gasteiger partial charge on any atom is 0.338 e. The Morgan fingerprint density at radius 2 is 1.75 bits per heavy atom. The van der Waals surface area contributed by atoms with Crippen LogP contribution in [0.1, 0.15) is 22.8 Å². The fraction of sp³-hybridized carbons (Fsp3) is 0.263. The normalized spacial score (nSPS) is 12.5. The van der Waals surface area contributed by atoms with Crippen molar-refractivity contribution in [1.29, 1.82) is 0 Å². The first kappa shape index (κ1) is 23.2. The van der Waals surface area contributed by atoms with Crippen LogP contribution in [0.15, 0.2) is 42.5 Å². The maximum absolute atomic E-state index is 12.9. The number of hydrogen-bond acceptors (Lipinski definition) is 6. The average molecular weight is 414 g/mol. The van der Waals surface area contributed by atoms with E-state index in [1.807, 2.05) is 0 Å². The largest absolute Gasteiger partial charge is 0.504 e. The molecule has 0 saturated heterocycles. The number of aliphatic carboxylic acids is 1. The van der Waals surface area contributed by atoms with Crippen LogP contribution in [0.4, 0.5) is 4.39 Å². The molecule has 0 aliphatic heterocycles. The van der Waals surface area contributed by atoms with E-state index in [4.69, 9.17) is 4.74 Å². The van der Waals surface area contributed by atoms with Gasteiger partial charge < -0.3 is 25.4 Å². The number of ether oxygens (including phenoxy) is 1. The molecule has 2 aromatic rings. The molecular weight excluding hydrogens is 393 g/mol. The van der Waals surface area contributed by atoms with Gasteiger partial charge in [0, 0.05) is 6.54 Å². The second-order valence-corrected chi connectivity index (χ2v) is 6.05. The Kier molecular flexibility index (Phi) is 8.69. The van der Waals surface area contributed by atoms with E-state index < -0.39 is 29.9 Å². The number of carboxylic acid groups (broad SMARTS) is 1. The van der Waals surface area contributed by atoms with Gasteiger partial charge in [0.1, 0.15) is 18.0 Å². The quantitative estimate of drug-likeness (QED) is 0.388. The van der Waals surface area contributed by atoms with Crippen LogP contribution in [0.25, 0.3) is 0 Å². The molecule has 28 heavy (non-hydrogen) atoms. The maximum atomic E-state index is 12.9. The lowest BCUT2D eigenvalue weighted by Crippen LogP contribution is -2.42. The van der Waals surface area contributed by atoms with Crippen LogP contribution in [0.3, 0.4) is 0 Å². The Balaban J connectivity index is 0.00000392. The summed E-state index contributed by atoms with van der Waals surface area (Å²) in [4.78, 5) is 23.4. The smallest absolute Gasteiger partial charge is 0.338 e. The van der Waals surface area contributed by atoms with Gasteiger partial charge in [-0.3, -0.25) is 4.79 Å². The van der Waals surface area contributed by atoms with Gasteiger partial charge in [0.05, 0.1) is 5.56 Å². The van der Waals surface area contributed by atoms with Crippen molar-refractivity contribution in [3.05, 3.63) is 59.4 Å². The van der Waals surface area contributed by atoms with Crippen LogP contribution >= 0.6 is 12.4 Å². The molecule has 0 aromatic heterocycles. The molecule has 0 heterocycles. The van der Waals surface area contributed by atoms with E-state index in [2.05, 4.69) is 5.32 Å². The lowest BCUT2D eigenvalue weighted by molar-refractivity contribution is -0.139. The van der Waals surface area contributed by atoms with E-state index in [-0.39, 0.29) is 42.4 Å². The van der Waals surface area contributed by atoms with E-state index >= 15 is 0 Å². The average Bonchev–Trinajstić information content (AvgIpc) is 2.61. The van der Waals surface area contributed by atoms with E-state index in [0.717, 1.165) is 12.1 Å². The Hall–Kier alpha value is -2.84. The van der Waals surface area contributed by atoms with Gasteiger partial charge in [-0.2, -0.15) is 0 Å². The van der Waals surface area contributed by atoms with Crippen molar-refractivity contribution in [3.63, 3.8) is 0 Å². The third kappa shape index (κ3) is 6.71. The summed E-state index contributed by atoms with van der Waals surface area (Å²) < 4.78 is 18.1. The highest BCUT2D eigenvalue weighted by Gasteiger charge is 2.20. The van der Waals surface area contributed by atoms with Crippen LogP contribution < -0.4 is 5.32 Å². The third-order valence-corrected chi connectivity index (χ3v) is 3.82. The van der Waals surface area contributed by atoms with Gasteiger partial charge in [0.15, 0.2) is 11.5 Å². The SMILES string of the molecule is CC(CN[C@@H](Cc1ccc(O)c(O)c1)C(=O)O)OC(=O)c1ccc(F)cc1.Cl. The highest BCUT2D eigenvalue weighted by atomic mass is 35.5. The molecule has 7 nitrogen and oxygen atoms in total. The molecular formula is C19H21ClFNO6. The number of halogens is 2. The standard InChI is InChI=1S/C19H20FNO6.ClH/c1-11(27-19(26)13-3-5-14(20)6-4-13)10-21-15(18(24)25)8-12-2-7-16(22)17(23)9-12;/h2-7,9,11,15,21-23H,8,10H2,1H3,(H,24,25);1H/t11?,15-;/m0./s1. The van der Waals surface area contributed by atoms with Crippen LogP contribution in [0, 0.1) is 5.82 Å². The first-order valence-corrected chi connectivity index (χ1v) is 8.20. The fourth-order valence-corrected chi connectivity index (χ4v) is 2.37. The number of phenols is 2. The van der Waals surface area contributed by atoms with Crippen molar-refractivity contribution in [2.45, 2.75) is 25.5 Å². The molecule has 0 aliphatic rings. The number of aromatic hydroxyl groups is 2. The first-order chi connectivity index (χ1) is 12.8. The topological polar surface area (TPSA) is 116 Å². The molecule has 2 rings (SSSR count). The minimum absolute atomic E-state index is 0. The van der Waals surface area contributed by atoms with Crippen molar-refractivity contribution in [2.24, 2.45) is 0 Å². The van der Waals surface area contributed by atoms with Gasteiger partial charge >= 0.3 is 11.9 Å². The number of carbonyl (C=O) groups is 2. The van der Waals surface area contributed by atoms with Crippen LogP contribution in [-0.4, -0.2) is 45.9 Å². The Morgan fingerprint density at radius 1 is 1.11 bits per heavy atom. The molecule has 0 amide bonds. The lowest BCUT2D eigenvalue weighted by atomic mass is 10.1. The fourth-order valence-electron chi connectivity index (χ4n) is 2.37. The van der Waals surface area contributed by atoms with Crippen LogP contribution in [0.5, 0.6) is 11.5 Å². The predicted octanol–water partition coefficient (Wildman–Crippen LogP) is 2.49. The summed E-state index contributed by atoms with van der Waals surface area (Å²) in [6, 6.07) is 7.97. The van der Waals surface area contributed by atoms with E-state index in [1.165, 1.54) is 30.3 Å². The molecule has 4 N–H and O–H groups in total. The second-order valence-electron chi connectivity index (χ2n) is 6.05. The zero-order chi connectivity index (χ0) is 20.0. The van der Waals surface area contributed by atoms with Crippen molar-refractivity contribution >= 4 is 24.3 Å². The summed E-state index contributed by atoms with van der Waals surface area (Å²) in [5, 5.41) is 30.9. The number of carbonyl (C=O) groups excluding carboxylic acids is 1. The highest BCUT2D eigenvalue weighted by molar-refractivity contribution is 5.89. The minimum atomic E-state index is -1.11. The Labute approximate surface area is 167 Å². The van der Waals surface area contributed by atoms with Gasteiger partial charge in [-0.1, -0.05) is 6.07 Å². The van der Waals surface area contributed by atoms with Crippen LogP contribution in [0.2, 0.25) is 0 Å². The molecule has 0 fully saturated rings. The Morgan fingerprint density at radius 3 is 2.32 bits per heavy atom.